The molecule has 3 aromatic rings. The molecule has 39 heavy (non-hydrogen) atoms. The maximum atomic E-state index is 12.7. The Balaban J connectivity index is 1.37. The van der Waals surface area contributed by atoms with Gasteiger partial charge in [0.1, 0.15) is 0 Å². The summed E-state index contributed by atoms with van der Waals surface area (Å²) >= 11 is 0. The molecule has 1 amide bonds. The molecule has 0 bridgehead atoms. The molecule has 0 spiro atoms. The fourth-order valence-corrected chi connectivity index (χ4v) is 5.57. The number of aromatic nitrogens is 1. The van der Waals surface area contributed by atoms with Gasteiger partial charge in [-0.2, -0.15) is 0 Å². The first-order valence-electron chi connectivity index (χ1n) is 13.8. The minimum absolute atomic E-state index is 0.00955. The van der Waals surface area contributed by atoms with E-state index in [9.17, 15) is 9.90 Å². The van der Waals surface area contributed by atoms with Gasteiger partial charge in [-0.05, 0) is 48.2 Å². The molecule has 7 nitrogen and oxygen atoms in total. The number of aliphatic hydroxyl groups excluding tert-OH is 1. The van der Waals surface area contributed by atoms with Crippen molar-refractivity contribution in [1.29, 1.82) is 0 Å². The Kier molecular flexibility index (Phi) is 9.16. The third-order valence-corrected chi connectivity index (χ3v) is 7.60. The molecule has 2 aromatic carbocycles. The highest BCUT2D eigenvalue weighted by Crippen LogP contribution is 2.39. The number of nitrogens with one attached hydrogen (secondary N) is 1. The molecular formula is C32H37N3O4. The number of carbonyl (C=O) groups excluding carboxylic acids is 1. The molecule has 5 rings (SSSR count). The number of pyridine rings is 1. The summed E-state index contributed by atoms with van der Waals surface area (Å²) < 4.78 is 13.1. The minimum atomic E-state index is -0.587. The molecular weight excluding hydrogens is 490 g/mol. The average Bonchev–Trinajstić information content (AvgIpc) is 3.53. The fourth-order valence-electron chi connectivity index (χ4n) is 5.57. The molecule has 1 aromatic heterocycles. The molecule has 2 aliphatic rings. The highest BCUT2D eigenvalue weighted by Gasteiger charge is 2.34. The van der Waals surface area contributed by atoms with Gasteiger partial charge in [0.2, 0.25) is 0 Å². The van der Waals surface area contributed by atoms with Crippen molar-refractivity contribution in [2.45, 2.75) is 63.3 Å². The van der Waals surface area contributed by atoms with Gasteiger partial charge in [-0.15, -0.1) is 6.58 Å². The van der Waals surface area contributed by atoms with Gasteiger partial charge < -0.3 is 19.9 Å². The van der Waals surface area contributed by atoms with Crippen molar-refractivity contribution in [2.24, 2.45) is 0 Å². The van der Waals surface area contributed by atoms with Crippen LogP contribution >= 0.6 is 0 Å². The number of anilines is 1. The third kappa shape index (κ3) is 6.99. The Morgan fingerprint density at radius 1 is 1.08 bits per heavy atom. The first-order chi connectivity index (χ1) is 19.1. The number of hydrogen-bond acceptors (Lipinski definition) is 6. The summed E-state index contributed by atoms with van der Waals surface area (Å²) in [4.78, 5) is 19.2. The van der Waals surface area contributed by atoms with Gasteiger partial charge in [-0.25, -0.2) is 0 Å². The van der Waals surface area contributed by atoms with Gasteiger partial charge in [0.25, 0.3) is 5.91 Å². The molecule has 1 aliphatic carbocycles. The maximum Gasteiger partial charge on any atom is 0.257 e. The van der Waals surface area contributed by atoms with Crippen molar-refractivity contribution in [2.75, 3.05) is 18.4 Å². The number of rotatable bonds is 10. The molecule has 3 atom stereocenters. The summed E-state index contributed by atoms with van der Waals surface area (Å²) in [7, 11) is 0. The van der Waals surface area contributed by atoms with Crippen molar-refractivity contribution in [1.82, 2.24) is 9.88 Å². The van der Waals surface area contributed by atoms with Crippen LogP contribution in [0, 0.1) is 0 Å². The normalized spacial score (nSPS) is 21.6. The zero-order chi connectivity index (χ0) is 27.0. The number of amides is 1. The Labute approximate surface area is 230 Å². The largest absolute Gasteiger partial charge is 0.392 e. The van der Waals surface area contributed by atoms with Crippen LogP contribution < -0.4 is 5.32 Å². The lowest BCUT2D eigenvalue weighted by Crippen LogP contribution is -2.43. The van der Waals surface area contributed by atoms with E-state index in [1.165, 1.54) is 25.7 Å². The van der Waals surface area contributed by atoms with E-state index < -0.39 is 6.29 Å². The fraction of sp³-hybridized carbons (Fsp3) is 0.375. The highest BCUT2D eigenvalue weighted by molar-refractivity contribution is 6.04. The van der Waals surface area contributed by atoms with Crippen molar-refractivity contribution < 1.29 is 19.4 Å². The van der Waals surface area contributed by atoms with Crippen LogP contribution in [-0.2, 0) is 16.1 Å². The summed E-state index contributed by atoms with van der Waals surface area (Å²) in [6, 6.07) is 19.6. The molecule has 2 N–H and O–H groups in total. The van der Waals surface area contributed by atoms with Gasteiger partial charge in [0, 0.05) is 49.2 Å². The van der Waals surface area contributed by atoms with E-state index in [0.29, 0.717) is 17.3 Å². The van der Waals surface area contributed by atoms with E-state index in [-0.39, 0.29) is 24.7 Å². The molecule has 1 saturated carbocycles. The van der Waals surface area contributed by atoms with Gasteiger partial charge in [0.05, 0.1) is 24.4 Å². The number of ether oxygens (including phenoxy) is 2. The molecule has 204 valence electrons. The topological polar surface area (TPSA) is 83.9 Å². The van der Waals surface area contributed by atoms with Crippen LogP contribution in [0.25, 0.3) is 0 Å². The third-order valence-electron chi connectivity index (χ3n) is 7.60. The van der Waals surface area contributed by atoms with Crippen LogP contribution in [0.3, 0.4) is 0 Å². The molecule has 2 fully saturated rings. The summed E-state index contributed by atoms with van der Waals surface area (Å²) in [5.74, 6) is -0.220. The van der Waals surface area contributed by atoms with Gasteiger partial charge in [-0.3, -0.25) is 14.7 Å². The van der Waals surface area contributed by atoms with Gasteiger partial charge >= 0.3 is 0 Å². The van der Waals surface area contributed by atoms with E-state index >= 15 is 0 Å². The number of carbonyl (C=O) groups is 1. The number of nitrogens with zero attached hydrogens (tertiary/aromatic N) is 2. The average molecular weight is 528 g/mol. The molecule has 7 heteroatoms. The molecule has 0 radical (unpaired) electrons. The van der Waals surface area contributed by atoms with Gasteiger partial charge in [0.15, 0.2) is 6.29 Å². The SMILES string of the molecule is C=CCN(CC1CC(c2ccc(CO)cc2)OC(c2cccc(NC(=O)c3cccnc3)c2)O1)C1CCCC1. The van der Waals surface area contributed by atoms with Crippen LogP contribution in [0.2, 0.25) is 0 Å². The second-order valence-corrected chi connectivity index (χ2v) is 10.4. The zero-order valence-electron chi connectivity index (χ0n) is 22.2. The first kappa shape index (κ1) is 27.2. The van der Waals surface area contributed by atoms with Crippen LogP contribution in [0.15, 0.2) is 85.7 Å². The van der Waals surface area contributed by atoms with Gasteiger partial charge in [-0.1, -0.05) is 55.3 Å². The standard InChI is InChI=1S/C32H37N3O4/c1-2-17-35(28-10-3-4-11-28)21-29-19-30(24-14-12-23(22-36)13-15-24)39-32(38-29)25-7-5-9-27(18-25)34-31(37)26-8-6-16-33-20-26/h2,5-9,12-16,18,20,28-30,32,36H,1,3-4,10-11,17,19,21-22H2,(H,34,37). The van der Waals surface area contributed by atoms with Crippen LogP contribution in [0.4, 0.5) is 5.69 Å². The number of benzene rings is 2. The number of aliphatic hydroxyl groups is 1. The zero-order valence-corrected chi connectivity index (χ0v) is 22.2. The summed E-state index contributed by atoms with van der Waals surface area (Å²) in [6.07, 6.45) is 10.1. The predicted molar refractivity (Wildman–Crippen MR) is 151 cm³/mol. The van der Waals surface area contributed by atoms with Crippen molar-refractivity contribution in [3.05, 3.63) is 108 Å². The van der Waals surface area contributed by atoms with Crippen molar-refractivity contribution in [3.63, 3.8) is 0 Å². The molecule has 1 aliphatic heterocycles. The van der Waals surface area contributed by atoms with Crippen LogP contribution in [0.5, 0.6) is 0 Å². The van der Waals surface area contributed by atoms with E-state index in [1.807, 2.05) is 54.6 Å². The Morgan fingerprint density at radius 3 is 2.62 bits per heavy atom. The molecule has 3 unspecified atom stereocenters. The Morgan fingerprint density at radius 2 is 1.90 bits per heavy atom. The minimum Gasteiger partial charge on any atom is -0.392 e. The lowest BCUT2D eigenvalue weighted by Gasteiger charge is -2.39. The number of hydrogen-bond donors (Lipinski definition) is 2. The summed E-state index contributed by atoms with van der Waals surface area (Å²) in [5.41, 5.74) is 3.93. The smallest absolute Gasteiger partial charge is 0.257 e. The summed E-state index contributed by atoms with van der Waals surface area (Å²) in [6.45, 7) is 5.64. The Hall–Kier alpha value is -3.36. The van der Waals surface area contributed by atoms with E-state index in [2.05, 4.69) is 21.8 Å². The predicted octanol–water partition coefficient (Wildman–Crippen LogP) is 5.80. The molecule has 2 heterocycles. The van der Waals surface area contributed by atoms with Crippen molar-refractivity contribution in [3.8, 4) is 0 Å². The Bertz CT molecular complexity index is 1230. The second-order valence-electron chi connectivity index (χ2n) is 10.4. The lowest BCUT2D eigenvalue weighted by molar-refractivity contribution is -0.253. The quantitative estimate of drug-likeness (QED) is 0.324. The van der Waals surface area contributed by atoms with Crippen LogP contribution in [-0.4, -0.2) is 46.1 Å². The molecule has 1 saturated heterocycles. The van der Waals surface area contributed by atoms with E-state index in [0.717, 1.165) is 36.2 Å². The van der Waals surface area contributed by atoms with Crippen LogP contribution in [0.1, 0.15) is 71.5 Å². The summed E-state index contributed by atoms with van der Waals surface area (Å²) in [5, 5.41) is 12.4. The second kappa shape index (κ2) is 13.1. The first-order valence-corrected chi connectivity index (χ1v) is 13.8. The maximum absolute atomic E-state index is 12.7. The van der Waals surface area contributed by atoms with E-state index in [4.69, 9.17) is 9.47 Å². The monoisotopic (exact) mass is 527 g/mol. The van der Waals surface area contributed by atoms with Crippen molar-refractivity contribution >= 4 is 11.6 Å². The van der Waals surface area contributed by atoms with E-state index in [1.54, 1.807) is 24.5 Å². The lowest BCUT2D eigenvalue weighted by atomic mass is 9.99. The highest BCUT2D eigenvalue weighted by atomic mass is 16.7.